The van der Waals surface area contributed by atoms with E-state index in [1.54, 1.807) is 0 Å². The molecule has 1 N–H and O–H groups in total. The molecular weight excluding hydrogens is 356 g/mol. The summed E-state index contributed by atoms with van der Waals surface area (Å²) in [5, 5.41) is 5.22. The van der Waals surface area contributed by atoms with Gasteiger partial charge in [-0.1, -0.05) is 32.4 Å². The third kappa shape index (κ3) is 4.76. The molecule has 1 amide bonds. The molecule has 0 saturated heterocycles. The van der Waals surface area contributed by atoms with Crippen molar-refractivity contribution in [2.45, 2.75) is 31.1 Å². The van der Waals surface area contributed by atoms with E-state index in [9.17, 15) is 13.2 Å². The molecule has 0 aliphatic heterocycles. The molecule has 2 aromatic rings. The van der Waals surface area contributed by atoms with Gasteiger partial charge in [-0.2, -0.15) is 0 Å². The summed E-state index contributed by atoms with van der Waals surface area (Å²) in [6.07, 6.45) is 0. The van der Waals surface area contributed by atoms with Crippen LogP contribution in [0.5, 0.6) is 0 Å². The molecule has 1 heterocycles. The van der Waals surface area contributed by atoms with E-state index in [1.807, 2.05) is 26.2 Å². The van der Waals surface area contributed by atoms with E-state index >= 15 is 0 Å². The number of carbonyl (C=O) groups is 1. The number of hydrogen-bond acceptors (Lipinski definition) is 5. The van der Waals surface area contributed by atoms with Gasteiger partial charge in [0, 0.05) is 15.8 Å². The minimum atomic E-state index is -3.71. The summed E-state index contributed by atoms with van der Waals surface area (Å²) in [7, 11) is -3.71. The Bertz CT molecular complexity index is 806. The summed E-state index contributed by atoms with van der Waals surface area (Å²) < 4.78 is 24.4. The van der Waals surface area contributed by atoms with Gasteiger partial charge in [-0.3, -0.25) is 4.79 Å². The first-order chi connectivity index (χ1) is 10.6. The highest BCUT2D eigenvalue weighted by atomic mass is 35.5. The number of sulfone groups is 1. The Balaban J connectivity index is 2.07. The number of carbonyl (C=O) groups excluding carboxylic acids is 1. The Morgan fingerprint density at radius 2 is 1.87 bits per heavy atom. The van der Waals surface area contributed by atoms with Gasteiger partial charge in [0.05, 0.1) is 10.6 Å². The number of thiazole rings is 1. The van der Waals surface area contributed by atoms with Gasteiger partial charge in [0.15, 0.2) is 15.0 Å². The minimum absolute atomic E-state index is 0.0616. The van der Waals surface area contributed by atoms with Gasteiger partial charge in [-0.15, -0.1) is 11.3 Å². The van der Waals surface area contributed by atoms with Crippen LogP contribution in [-0.4, -0.2) is 25.1 Å². The number of halogens is 1. The van der Waals surface area contributed by atoms with E-state index in [-0.39, 0.29) is 10.3 Å². The molecule has 0 saturated carbocycles. The van der Waals surface area contributed by atoms with Gasteiger partial charge in [-0.25, -0.2) is 13.4 Å². The highest BCUT2D eigenvalue weighted by Crippen LogP contribution is 2.26. The summed E-state index contributed by atoms with van der Waals surface area (Å²) >= 11 is 7.01. The zero-order chi connectivity index (χ0) is 17.3. The first-order valence-electron chi connectivity index (χ1n) is 6.82. The number of benzene rings is 1. The topological polar surface area (TPSA) is 76.1 Å². The van der Waals surface area contributed by atoms with Crippen molar-refractivity contribution in [1.82, 2.24) is 4.98 Å². The molecule has 5 nitrogen and oxygen atoms in total. The van der Waals surface area contributed by atoms with Crippen LogP contribution in [0.2, 0.25) is 5.02 Å². The van der Waals surface area contributed by atoms with Gasteiger partial charge in [0.2, 0.25) is 5.91 Å². The smallest absolute Gasteiger partial charge is 0.241 e. The average molecular weight is 373 g/mol. The number of nitrogens with one attached hydrogen (secondary N) is 1. The zero-order valence-corrected chi connectivity index (χ0v) is 15.3. The molecule has 0 radical (unpaired) electrons. The van der Waals surface area contributed by atoms with Gasteiger partial charge < -0.3 is 5.32 Å². The summed E-state index contributed by atoms with van der Waals surface area (Å²) in [5.74, 6) is -1.26. The van der Waals surface area contributed by atoms with Crippen molar-refractivity contribution in [3.05, 3.63) is 40.4 Å². The largest absolute Gasteiger partial charge is 0.301 e. The second kappa shape index (κ2) is 6.59. The van der Waals surface area contributed by atoms with E-state index in [2.05, 4.69) is 10.3 Å². The Morgan fingerprint density at radius 1 is 1.26 bits per heavy atom. The zero-order valence-electron chi connectivity index (χ0n) is 13.0. The second-order valence-corrected chi connectivity index (χ2v) is 9.33. The van der Waals surface area contributed by atoms with Gasteiger partial charge >= 0.3 is 0 Å². The molecular formula is C15H17ClN2O3S2. The molecule has 0 atom stereocenters. The summed E-state index contributed by atoms with van der Waals surface area (Å²) in [6.45, 7) is 6.04. The van der Waals surface area contributed by atoms with E-state index < -0.39 is 21.5 Å². The number of aromatic nitrogens is 1. The van der Waals surface area contributed by atoms with E-state index in [0.717, 1.165) is 5.69 Å². The highest BCUT2D eigenvalue weighted by molar-refractivity contribution is 7.92. The maximum absolute atomic E-state index is 12.2. The normalized spacial score (nSPS) is 12.2. The number of hydrogen-bond donors (Lipinski definition) is 1. The van der Waals surface area contributed by atoms with E-state index in [4.69, 9.17) is 11.6 Å². The van der Waals surface area contributed by atoms with Crippen LogP contribution in [-0.2, 0) is 20.0 Å². The molecule has 0 fully saturated rings. The monoisotopic (exact) mass is 372 g/mol. The lowest BCUT2D eigenvalue weighted by Crippen LogP contribution is -2.23. The summed E-state index contributed by atoms with van der Waals surface area (Å²) in [5.41, 5.74) is 0.716. The van der Waals surface area contributed by atoms with Gasteiger partial charge in [-0.05, 0) is 24.3 Å². The average Bonchev–Trinajstić information content (AvgIpc) is 2.86. The molecule has 124 valence electrons. The number of rotatable bonds is 4. The molecule has 0 spiro atoms. The lowest BCUT2D eigenvalue weighted by Gasteiger charge is -2.14. The van der Waals surface area contributed by atoms with Crippen LogP contribution in [0.4, 0.5) is 5.13 Å². The maximum atomic E-state index is 12.2. The molecule has 0 unspecified atom stereocenters. The van der Waals surface area contributed by atoms with Gasteiger partial charge in [0.1, 0.15) is 5.75 Å². The number of anilines is 1. The first-order valence-corrected chi connectivity index (χ1v) is 9.73. The highest BCUT2D eigenvalue weighted by Gasteiger charge is 2.22. The summed E-state index contributed by atoms with van der Waals surface area (Å²) in [6, 6.07) is 5.71. The Morgan fingerprint density at radius 3 is 2.39 bits per heavy atom. The van der Waals surface area contributed by atoms with Crippen molar-refractivity contribution in [2.75, 3.05) is 11.1 Å². The maximum Gasteiger partial charge on any atom is 0.241 e. The molecule has 0 aliphatic carbocycles. The van der Waals surface area contributed by atoms with Crippen LogP contribution in [0.15, 0.2) is 34.5 Å². The third-order valence-corrected chi connectivity index (χ3v) is 5.66. The van der Waals surface area contributed by atoms with Crippen molar-refractivity contribution in [1.29, 1.82) is 0 Å². The SMILES string of the molecule is CC(C)(C)c1csc(NC(=O)CS(=O)(=O)c2ccc(Cl)cc2)n1. The van der Waals surface area contributed by atoms with Crippen LogP contribution in [0.3, 0.4) is 0 Å². The number of nitrogens with zero attached hydrogens (tertiary/aromatic N) is 1. The summed E-state index contributed by atoms with van der Waals surface area (Å²) in [4.78, 5) is 16.3. The predicted octanol–water partition coefficient (Wildman–Crippen LogP) is 3.51. The minimum Gasteiger partial charge on any atom is -0.301 e. The Kier molecular flexibility index (Phi) is 5.13. The van der Waals surface area contributed by atoms with Crippen LogP contribution in [0.1, 0.15) is 26.5 Å². The first kappa shape index (κ1) is 17.9. The predicted molar refractivity (Wildman–Crippen MR) is 92.9 cm³/mol. The standard InChI is InChI=1S/C15H17ClN2O3S2/c1-15(2,3)12-8-22-14(17-12)18-13(19)9-23(20,21)11-6-4-10(16)5-7-11/h4-8H,9H2,1-3H3,(H,17,18,19). The van der Waals surface area contributed by atoms with Crippen molar-refractivity contribution >= 4 is 43.8 Å². The molecule has 2 rings (SSSR count). The lowest BCUT2D eigenvalue weighted by molar-refractivity contribution is -0.113. The van der Waals surface area contributed by atoms with Crippen LogP contribution in [0.25, 0.3) is 0 Å². The van der Waals surface area contributed by atoms with Crippen LogP contribution >= 0.6 is 22.9 Å². The van der Waals surface area contributed by atoms with Gasteiger partial charge in [0.25, 0.3) is 0 Å². The molecule has 0 aliphatic rings. The molecule has 8 heteroatoms. The fourth-order valence-corrected chi connectivity index (χ4v) is 3.94. The van der Waals surface area contributed by atoms with E-state index in [0.29, 0.717) is 10.2 Å². The quantitative estimate of drug-likeness (QED) is 0.890. The van der Waals surface area contributed by atoms with Crippen molar-refractivity contribution in [2.24, 2.45) is 0 Å². The molecule has 1 aromatic carbocycles. The Labute approximate surface area is 144 Å². The van der Waals surface area contributed by atoms with Crippen molar-refractivity contribution < 1.29 is 13.2 Å². The molecule has 1 aromatic heterocycles. The number of amides is 1. The van der Waals surface area contributed by atoms with Crippen LogP contribution in [0, 0.1) is 0 Å². The molecule has 0 bridgehead atoms. The van der Waals surface area contributed by atoms with Crippen LogP contribution < -0.4 is 5.32 Å². The van der Waals surface area contributed by atoms with Crippen molar-refractivity contribution in [3.8, 4) is 0 Å². The fraction of sp³-hybridized carbons (Fsp3) is 0.333. The van der Waals surface area contributed by atoms with Crippen molar-refractivity contribution in [3.63, 3.8) is 0 Å². The lowest BCUT2D eigenvalue weighted by atomic mass is 9.93. The second-order valence-electron chi connectivity index (χ2n) is 6.05. The van der Waals surface area contributed by atoms with E-state index in [1.165, 1.54) is 35.6 Å². The third-order valence-electron chi connectivity index (χ3n) is 3.01. The Hall–Kier alpha value is -1.44. The fourth-order valence-electron chi connectivity index (χ4n) is 1.73. The molecule has 23 heavy (non-hydrogen) atoms.